The zero-order valence-electron chi connectivity index (χ0n) is 17.0. The summed E-state index contributed by atoms with van der Waals surface area (Å²) in [7, 11) is 0. The third-order valence-corrected chi connectivity index (χ3v) is 5.14. The zero-order valence-corrected chi connectivity index (χ0v) is 18.6. The fourth-order valence-electron chi connectivity index (χ4n) is 2.93. The highest BCUT2D eigenvalue weighted by molar-refractivity contribution is 9.10. The number of rotatable bonds is 8. The van der Waals surface area contributed by atoms with E-state index < -0.39 is 4.92 Å². The summed E-state index contributed by atoms with van der Waals surface area (Å²) in [6.07, 6.45) is 1.66. The number of ether oxygens (including phenoxy) is 2. The number of hydrogen-bond acceptors (Lipinski definition) is 5. The molecule has 32 heavy (non-hydrogen) atoms. The Kier molecular flexibility index (Phi) is 7.58. The molecule has 3 aromatic carbocycles. The molecule has 0 aliphatic rings. The Bertz CT molecular complexity index is 1200. The molecule has 0 amide bonds. The lowest BCUT2D eigenvalue weighted by Gasteiger charge is -2.14. The Morgan fingerprint density at radius 2 is 1.88 bits per heavy atom. The molecular formula is C24H18BrFN2O4. The first-order valence-electron chi connectivity index (χ1n) is 9.61. The minimum Gasteiger partial charge on any atom is -0.490 e. The van der Waals surface area contributed by atoms with Crippen LogP contribution >= 0.6 is 15.9 Å². The zero-order chi connectivity index (χ0) is 23.1. The molecule has 8 heteroatoms. The van der Waals surface area contributed by atoms with E-state index in [1.807, 2.05) is 6.92 Å². The molecule has 0 N–H and O–H groups in total. The van der Waals surface area contributed by atoms with Gasteiger partial charge >= 0.3 is 0 Å². The largest absolute Gasteiger partial charge is 0.490 e. The molecule has 0 spiro atoms. The summed E-state index contributed by atoms with van der Waals surface area (Å²) in [4.78, 5) is 10.4. The molecule has 0 aliphatic heterocycles. The van der Waals surface area contributed by atoms with Crippen LogP contribution in [0.5, 0.6) is 11.5 Å². The molecule has 0 heterocycles. The molecule has 0 radical (unpaired) electrons. The van der Waals surface area contributed by atoms with E-state index in [2.05, 4.69) is 22.0 Å². The molecule has 0 bridgehead atoms. The fourth-order valence-corrected chi connectivity index (χ4v) is 3.37. The van der Waals surface area contributed by atoms with Crippen LogP contribution in [-0.2, 0) is 6.61 Å². The molecule has 0 saturated heterocycles. The van der Waals surface area contributed by atoms with Crippen molar-refractivity contribution in [3.05, 3.63) is 97.8 Å². The summed E-state index contributed by atoms with van der Waals surface area (Å²) >= 11 is 3.49. The van der Waals surface area contributed by atoms with Crippen LogP contribution in [0, 0.1) is 27.3 Å². The van der Waals surface area contributed by atoms with E-state index in [9.17, 15) is 19.8 Å². The second-order valence-electron chi connectivity index (χ2n) is 6.65. The van der Waals surface area contributed by atoms with Crippen LogP contribution in [0.1, 0.15) is 23.6 Å². The average Bonchev–Trinajstić information content (AvgIpc) is 2.78. The van der Waals surface area contributed by atoms with E-state index in [0.29, 0.717) is 44.8 Å². The monoisotopic (exact) mass is 496 g/mol. The maximum atomic E-state index is 13.4. The Balaban J connectivity index is 1.91. The van der Waals surface area contributed by atoms with Crippen molar-refractivity contribution in [1.29, 1.82) is 5.26 Å². The Hall–Kier alpha value is -3.70. The van der Waals surface area contributed by atoms with Crippen LogP contribution in [0.15, 0.2) is 65.1 Å². The smallest absolute Gasteiger partial charge is 0.269 e. The number of hydrogen-bond donors (Lipinski definition) is 0. The highest BCUT2D eigenvalue weighted by Crippen LogP contribution is 2.36. The second-order valence-corrected chi connectivity index (χ2v) is 7.50. The molecule has 3 aromatic rings. The maximum Gasteiger partial charge on any atom is 0.269 e. The van der Waals surface area contributed by atoms with E-state index in [-0.39, 0.29) is 18.1 Å². The lowest BCUT2D eigenvalue weighted by atomic mass is 10.0. The van der Waals surface area contributed by atoms with Crippen LogP contribution in [0.2, 0.25) is 0 Å². The molecule has 0 aliphatic carbocycles. The Labute approximate surface area is 192 Å². The van der Waals surface area contributed by atoms with Crippen molar-refractivity contribution in [2.75, 3.05) is 6.61 Å². The molecule has 0 fully saturated rings. The maximum absolute atomic E-state index is 13.4. The van der Waals surface area contributed by atoms with Crippen molar-refractivity contribution in [3.63, 3.8) is 0 Å². The highest BCUT2D eigenvalue weighted by Gasteiger charge is 2.13. The number of non-ortho nitro benzene ring substituents is 1. The SMILES string of the molecule is CCOc1cc(/C=C(/C#N)c2ccc([N+](=O)[O-])cc2)c(Br)cc1OCc1cccc(F)c1. The number of nitro groups is 1. The number of benzene rings is 3. The van der Waals surface area contributed by atoms with Crippen LogP contribution in [-0.4, -0.2) is 11.5 Å². The van der Waals surface area contributed by atoms with Gasteiger partial charge in [-0.3, -0.25) is 10.1 Å². The molecule has 6 nitrogen and oxygen atoms in total. The van der Waals surface area contributed by atoms with Gasteiger partial charge in [0.05, 0.1) is 23.2 Å². The van der Waals surface area contributed by atoms with Gasteiger partial charge < -0.3 is 9.47 Å². The van der Waals surface area contributed by atoms with Gasteiger partial charge in [0, 0.05) is 16.6 Å². The Morgan fingerprint density at radius 3 is 2.50 bits per heavy atom. The van der Waals surface area contributed by atoms with Gasteiger partial charge in [-0.25, -0.2) is 4.39 Å². The summed E-state index contributed by atoms with van der Waals surface area (Å²) in [5.74, 6) is 0.599. The first kappa shape index (κ1) is 23.0. The van der Waals surface area contributed by atoms with E-state index in [1.165, 1.54) is 36.4 Å². The first-order valence-corrected chi connectivity index (χ1v) is 10.4. The van der Waals surface area contributed by atoms with E-state index in [4.69, 9.17) is 9.47 Å². The molecular weight excluding hydrogens is 479 g/mol. The lowest BCUT2D eigenvalue weighted by molar-refractivity contribution is -0.384. The van der Waals surface area contributed by atoms with E-state index >= 15 is 0 Å². The van der Waals surface area contributed by atoms with Gasteiger partial charge in [-0.05, 0) is 66.1 Å². The van der Waals surface area contributed by atoms with Gasteiger partial charge in [-0.15, -0.1) is 0 Å². The van der Waals surface area contributed by atoms with E-state index in [0.717, 1.165) is 0 Å². The predicted octanol–water partition coefficient (Wildman–Crippen LogP) is 6.54. The second kappa shape index (κ2) is 10.6. The third-order valence-electron chi connectivity index (χ3n) is 4.46. The number of allylic oxidation sites excluding steroid dienone is 1. The average molecular weight is 497 g/mol. The molecule has 0 atom stereocenters. The van der Waals surface area contributed by atoms with Crippen LogP contribution < -0.4 is 9.47 Å². The standard InChI is InChI=1S/C24H18BrFN2O4/c1-2-31-23-12-18(11-19(14-27)17-6-8-21(9-7-17)28(29)30)22(25)13-24(23)32-15-16-4-3-5-20(26)10-16/h3-13H,2,15H2,1H3/b19-11-. The van der Waals surface area contributed by atoms with E-state index in [1.54, 1.807) is 30.3 Å². The number of nitrogens with zero attached hydrogens (tertiary/aromatic N) is 2. The van der Waals surface area contributed by atoms with Gasteiger partial charge in [-0.1, -0.05) is 28.1 Å². The van der Waals surface area contributed by atoms with Gasteiger partial charge in [0.25, 0.3) is 5.69 Å². The molecule has 162 valence electrons. The van der Waals surface area contributed by atoms with Crippen molar-refractivity contribution in [3.8, 4) is 17.6 Å². The normalized spacial score (nSPS) is 11.0. The van der Waals surface area contributed by atoms with Gasteiger partial charge in [0.2, 0.25) is 0 Å². The van der Waals surface area contributed by atoms with Crippen LogP contribution in [0.3, 0.4) is 0 Å². The van der Waals surface area contributed by atoms with Crippen molar-refractivity contribution < 1.29 is 18.8 Å². The summed E-state index contributed by atoms with van der Waals surface area (Å²) in [5, 5.41) is 20.5. The van der Waals surface area contributed by atoms with Crippen molar-refractivity contribution in [1.82, 2.24) is 0 Å². The lowest BCUT2D eigenvalue weighted by Crippen LogP contribution is -2.01. The van der Waals surface area contributed by atoms with Crippen LogP contribution in [0.4, 0.5) is 10.1 Å². The highest BCUT2D eigenvalue weighted by atomic mass is 79.9. The topological polar surface area (TPSA) is 85.4 Å². The number of halogens is 2. The third kappa shape index (κ3) is 5.71. The van der Waals surface area contributed by atoms with Crippen molar-refractivity contribution in [2.24, 2.45) is 0 Å². The van der Waals surface area contributed by atoms with Gasteiger partial charge in [-0.2, -0.15) is 5.26 Å². The number of nitro benzene ring substituents is 1. The number of nitriles is 1. The fraction of sp³-hybridized carbons (Fsp3) is 0.125. The summed E-state index contributed by atoms with van der Waals surface area (Å²) < 4.78 is 25.6. The minimum atomic E-state index is -0.493. The Morgan fingerprint density at radius 1 is 1.16 bits per heavy atom. The van der Waals surface area contributed by atoms with Crippen molar-refractivity contribution >= 4 is 33.3 Å². The summed E-state index contributed by atoms with van der Waals surface area (Å²) in [5.41, 5.74) is 2.18. The summed E-state index contributed by atoms with van der Waals surface area (Å²) in [6.45, 7) is 2.39. The molecule has 0 saturated carbocycles. The predicted molar refractivity (Wildman–Crippen MR) is 123 cm³/mol. The van der Waals surface area contributed by atoms with Gasteiger partial charge in [0.15, 0.2) is 11.5 Å². The summed E-state index contributed by atoms with van der Waals surface area (Å²) in [6, 6.07) is 17.5. The first-order chi connectivity index (χ1) is 15.4. The molecule has 3 rings (SSSR count). The van der Waals surface area contributed by atoms with Gasteiger partial charge in [0.1, 0.15) is 12.4 Å². The molecule has 0 unspecified atom stereocenters. The molecule has 0 aromatic heterocycles. The quantitative estimate of drug-likeness (QED) is 0.153. The van der Waals surface area contributed by atoms with Crippen LogP contribution in [0.25, 0.3) is 11.6 Å². The minimum absolute atomic E-state index is 0.0503. The van der Waals surface area contributed by atoms with Crippen molar-refractivity contribution in [2.45, 2.75) is 13.5 Å².